The Kier molecular flexibility index (Phi) is 10.3. The van der Waals surface area contributed by atoms with E-state index >= 15 is 0 Å². The third kappa shape index (κ3) is 8.70. The molecule has 230 valence electrons. The second kappa shape index (κ2) is 13.9. The molecule has 0 saturated heterocycles. The van der Waals surface area contributed by atoms with E-state index in [4.69, 9.17) is 25.8 Å². The number of carbonyl (C=O) groups excluding carboxylic acids is 2. The number of ether oxygens (including phenoxy) is 4. The second-order valence-electron chi connectivity index (χ2n) is 10.0. The van der Waals surface area contributed by atoms with Crippen molar-refractivity contribution in [2.75, 3.05) is 37.1 Å². The molecule has 1 N–H and O–H groups in total. The summed E-state index contributed by atoms with van der Waals surface area (Å²) in [5.41, 5.74) is 2.15. The average molecular weight is 621 g/mol. The number of esters is 1. The summed E-state index contributed by atoms with van der Waals surface area (Å²) in [6.45, 7) is 4.42. The first-order valence-corrected chi connectivity index (χ1v) is 14.0. The number of halogens is 4. The molecule has 0 spiro atoms. The summed E-state index contributed by atoms with van der Waals surface area (Å²) < 4.78 is 59.2. The number of methoxy groups -OCH3 is 1. The van der Waals surface area contributed by atoms with Gasteiger partial charge in [-0.3, -0.25) is 9.59 Å². The minimum absolute atomic E-state index is 0.119. The zero-order valence-electron chi connectivity index (χ0n) is 23.9. The van der Waals surface area contributed by atoms with Crippen LogP contribution < -0.4 is 24.4 Å². The first-order chi connectivity index (χ1) is 20.5. The Hall–Kier alpha value is -4.12. The van der Waals surface area contributed by atoms with Gasteiger partial charge in [0.2, 0.25) is 0 Å². The Morgan fingerprint density at radius 2 is 1.74 bits per heavy atom. The molecule has 2 unspecified atom stereocenters. The van der Waals surface area contributed by atoms with Crippen molar-refractivity contribution in [3.63, 3.8) is 0 Å². The molecule has 1 aliphatic heterocycles. The monoisotopic (exact) mass is 620 g/mol. The lowest BCUT2D eigenvalue weighted by molar-refractivity contribution is -0.274. The quantitative estimate of drug-likeness (QED) is 0.219. The second-order valence-corrected chi connectivity index (χ2v) is 10.5. The van der Waals surface area contributed by atoms with E-state index in [1.807, 2.05) is 6.92 Å². The summed E-state index contributed by atoms with van der Waals surface area (Å²) in [7, 11) is 1.50. The maximum absolute atomic E-state index is 14.1. The Morgan fingerprint density at radius 3 is 2.42 bits per heavy atom. The predicted octanol–water partition coefficient (Wildman–Crippen LogP) is 6.96. The van der Waals surface area contributed by atoms with Crippen molar-refractivity contribution in [3.05, 3.63) is 76.8 Å². The van der Waals surface area contributed by atoms with Crippen LogP contribution in [-0.2, 0) is 20.7 Å². The number of carbonyl (C=O) groups is 2. The van der Waals surface area contributed by atoms with Gasteiger partial charge < -0.3 is 29.2 Å². The lowest BCUT2D eigenvalue weighted by atomic mass is 10.0. The highest BCUT2D eigenvalue weighted by molar-refractivity contribution is 6.30. The molecule has 0 fully saturated rings. The molecule has 0 saturated carbocycles. The molecule has 0 bridgehead atoms. The molecule has 1 aliphatic rings. The number of alkyl halides is 3. The van der Waals surface area contributed by atoms with Gasteiger partial charge in [0.15, 0.2) is 0 Å². The number of amides is 1. The van der Waals surface area contributed by atoms with Gasteiger partial charge in [0.25, 0.3) is 5.91 Å². The van der Waals surface area contributed by atoms with E-state index in [-0.39, 0.29) is 31.5 Å². The lowest BCUT2D eigenvalue weighted by Crippen LogP contribution is -2.37. The first-order valence-electron chi connectivity index (χ1n) is 13.6. The third-order valence-electron chi connectivity index (χ3n) is 6.68. The summed E-state index contributed by atoms with van der Waals surface area (Å²) in [6.07, 6.45) is -4.19. The van der Waals surface area contributed by atoms with Gasteiger partial charge in [0.1, 0.15) is 23.3 Å². The van der Waals surface area contributed by atoms with Gasteiger partial charge in [-0.15, -0.1) is 13.2 Å². The molecule has 4 rings (SSSR count). The van der Waals surface area contributed by atoms with Gasteiger partial charge >= 0.3 is 12.3 Å². The standard InChI is InChI=1S/C31H32ClF3N2O6/c1-4-41-28(38)13-19(2)18-42-26-15-23(14-25(16-26)40-3)36-29(21-5-8-22(32)9-6-21)30(39)37-12-11-20-7-10-24(17-27(20)37)43-31(33,34)35/h5-10,14-17,19,29,36H,4,11-13,18H2,1-3H3. The van der Waals surface area contributed by atoms with Crippen molar-refractivity contribution in [2.24, 2.45) is 5.92 Å². The number of nitrogens with one attached hydrogen (secondary N) is 1. The largest absolute Gasteiger partial charge is 0.573 e. The number of benzene rings is 3. The van der Waals surface area contributed by atoms with Crippen molar-refractivity contribution in [3.8, 4) is 17.2 Å². The SMILES string of the molecule is CCOC(=O)CC(C)COc1cc(NC(C(=O)N2CCc3ccc(OC(F)(F)F)cc32)c2ccc(Cl)cc2)cc(OC)c1. The smallest absolute Gasteiger partial charge is 0.497 e. The van der Waals surface area contributed by atoms with Crippen LogP contribution in [0.4, 0.5) is 24.5 Å². The molecule has 1 heterocycles. The summed E-state index contributed by atoms with van der Waals surface area (Å²) >= 11 is 6.11. The predicted molar refractivity (Wildman–Crippen MR) is 156 cm³/mol. The highest BCUT2D eigenvalue weighted by Gasteiger charge is 2.34. The van der Waals surface area contributed by atoms with Crippen molar-refractivity contribution in [1.29, 1.82) is 0 Å². The molecule has 0 aliphatic carbocycles. The van der Waals surface area contributed by atoms with Gasteiger partial charge in [-0.25, -0.2) is 0 Å². The van der Waals surface area contributed by atoms with Crippen LogP contribution in [0.15, 0.2) is 60.7 Å². The van der Waals surface area contributed by atoms with Crippen LogP contribution in [0.5, 0.6) is 17.2 Å². The number of hydrogen-bond acceptors (Lipinski definition) is 7. The van der Waals surface area contributed by atoms with Crippen LogP contribution in [0, 0.1) is 5.92 Å². The number of nitrogens with zero attached hydrogens (tertiary/aromatic N) is 1. The summed E-state index contributed by atoms with van der Waals surface area (Å²) in [4.78, 5) is 27.3. The van der Waals surface area contributed by atoms with E-state index in [0.29, 0.717) is 46.5 Å². The van der Waals surface area contributed by atoms with Crippen LogP contribution in [0.3, 0.4) is 0 Å². The maximum Gasteiger partial charge on any atom is 0.573 e. The van der Waals surface area contributed by atoms with Gasteiger partial charge in [-0.1, -0.05) is 36.7 Å². The Balaban J connectivity index is 1.60. The van der Waals surface area contributed by atoms with Crippen molar-refractivity contribution < 1.29 is 41.7 Å². The molecule has 2 atom stereocenters. The number of fused-ring (bicyclic) bond motifs is 1. The number of rotatable bonds is 12. The van der Waals surface area contributed by atoms with Crippen molar-refractivity contribution in [2.45, 2.75) is 39.1 Å². The van der Waals surface area contributed by atoms with E-state index in [1.54, 1.807) is 49.4 Å². The highest BCUT2D eigenvalue weighted by Crippen LogP contribution is 2.37. The molecule has 0 radical (unpaired) electrons. The van der Waals surface area contributed by atoms with Gasteiger partial charge in [0, 0.05) is 47.4 Å². The van der Waals surface area contributed by atoms with E-state index in [9.17, 15) is 22.8 Å². The fourth-order valence-corrected chi connectivity index (χ4v) is 4.83. The highest BCUT2D eigenvalue weighted by atomic mass is 35.5. The molecular weight excluding hydrogens is 589 g/mol. The maximum atomic E-state index is 14.1. The van der Waals surface area contributed by atoms with Gasteiger partial charge in [-0.05, 0) is 42.7 Å². The van der Waals surface area contributed by atoms with Crippen molar-refractivity contribution >= 4 is 34.9 Å². The van der Waals surface area contributed by atoms with Crippen molar-refractivity contribution in [1.82, 2.24) is 0 Å². The van der Waals surface area contributed by atoms with E-state index in [2.05, 4.69) is 10.1 Å². The molecule has 8 nitrogen and oxygen atoms in total. The molecule has 1 amide bonds. The lowest BCUT2D eigenvalue weighted by Gasteiger charge is -2.27. The van der Waals surface area contributed by atoms with Crippen LogP contribution >= 0.6 is 11.6 Å². The number of hydrogen-bond donors (Lipinski definition) is 1. The summed E-state index contributed by atoms with van der Waals surface area (Å²) in [5, 5.41) is 3.72. The normalized spacial score (nSPS) is 14.0. The summed E-state index contributed by atoms with van der Waals surface area (Å²) in [6, 6.07) is 14.8. The number of anilines is 2. The minimum atomic E-state index is -4.86. The fourth-order valence-electron chi connectivity index (χ4n) is 4.71. The third-order valence-corrected chi connectivity index (χ3v) is 6.94. The Morgan fingerprint density at radius 1 is 1.02 bits per heavy atom. The van der Waals surface area contributed by atoms with Gasteiger partial charge in [-0.2, -0.15) is 0 Å². The molecular formula is C31H32ClF3N2O6. The minimum Gasteiger partial charge on any atom is -0.497 e. The summed E-state index contributed by atoms with van der Waals surface area (Å²) in [5.74, 6) is -0.323. The topological polar surface area (TPSA) is 86.3 Å². The van der Waals surface area contributed by atoms with Gasteiger partial charge in [0.05, 0.1) is 32.4 Å². The average Bonchev–Trinajstić information content (AvgIpc) is 3.37. The fraction of sp³-hybridized carbons (Fsp3) is 0.355. The molecule has 3 aromatic rings. The van der Waals surface area contributed by atoms with Crippen LogP contribution in [0.2, 0.25) is 5.02 Å². The first kappa shape index (κ1) is 31.8. The Bertz CT molecular complexity index is 1430. The van der Waals surface area contributed by atoms with E-state index in [1.165, 1.54) is 30.2 Å². The van der Waals surface area contributed by atoms with Crippen LogP contribution in [-0.4, -0.2) is 45.1 Å². The Labute approximate surface area is 252 Å². The molecule has 0 aromatic heterocycles. The molecule has 12 heteroatoms. The van der Waals surface area contributed by atoms with E-state index < -0.39 is 24.1 Å². The zero-order chi connectivity index (χ0) is 31.1. The van der Waals surface area contributed by atoms with Crippen LogP contribution in [0.1, 0.15) is 37.4 Å². The zero-order valence-corrected chi connectivity index (χ0v) is 24.6. The van der Waals surface area contributed by atoms with Crippen LogP contribution in [0.25, 0.3) is 0 Å². The molecule has 3 aromatic carbocycles. The van der Waals surface area contributed by atoms with E-state index in [0.717, 1.165) is 5.56 Å². The molecule has 43 heavy (non-hydrogen) atoms.